The van der Waals surface area contributed by atoms with E-state index in [1.807, 2.05) is 24.3 Å². The van der Waals surface area contributed by atoms with Gasteiger partial charge in [0.05, 0.1) is 22.1 Å². The highest BCUT2D eigenvalue weighted by Crippen LogP contribution is 2.43. The van der Waals surface area contributed by atoms with E-state index in [4.69, 9.17) is 9.40 Å². The lowest BCUT2D eigenvalue weighted by molar-refractivity contribution is 0.574. The van der Waals surface area contributed by atoms with Crippen LogP contribution in [0.4, 0.5) is 0 Å². The van der Waals surface area contributed by atoms with Gasteiger partial charge in [-0.3, -0.25) is 4.57 Å². The topological polar surface area (TPSA) is 35.9 Å². The van der Waals surface area contributed by atoms with E-state index in [0.717, 1.165) is 27.8 Å². The van der Waals surface area contributed by atoms with Crippen LogP contribution in [-0.2, 0) is 0 Å². The predicted molar refractivity (Wildman–Crippen MR) is 160 cm³/mol. The van der Waals surface area contributed by atoms with Gasteiger partial charge in [0.25, 0.3) is 0 Å². The second-order valence-corrected chi connectivity index (χ2v) is 10.0. The van der Waals surface area contributed by atoms with E-state index >= 15 is 0 Å². The molecule has 0 atom stereocenters. The zero-order valence-electron chi connectivity index (χ0n) is 20.9. The molecule has 0 aliphatic carbocycles. The smallest absolute Gasteiger partial charge is 0.307 e. The molecule has 0 saturated carbocycles. The van der Waals surface area contributed by atoms with Crippen molar-refractivity contribution in [2.24, 2.45) is 0 Å². The molecule has 0 aliphatic heterocycles. The predicted octanol–water partition coefficient (Wildman–Crippen LogP) is 9.18. The first-order valence-electron chi connectivity index (χ1n) is 13.2. The van der Waals surface area contributed by atoms with Crippen molar-refractivity contribution in [1.29, 1.82) is 0 Å². The summed E-state index contributed by atoms with van der Waals surface area (Å²) in [5.74, 6) is 0. The molecule has 0 fully saturated rings. The maximum absolute atomic E-state index is 6.32. The van der Waals surface area contributed by atoms with Crippen LogP contribution in [0, 0.1) is 0 Å². The number of rotatable bonds is 2. The Labute approximate surface area is 222 Å². The summed E-state index contributed by atoms with van der Waals surface area (Å²) in [6.07, 6.45) is 0. The summed E-state index contributed by atoms with van der Waals surface area (Å²) in [5, 5.41) is 7.31. The summed E-state index contributed by atoms with van der Waals surface area (Å²) in [7, 11) is 0. The van der Waals surface area contributed by atoms with Crippen molar-refractivity contribution in [3.05, 3.63) is 127 Å². The number of para-hydroxylation sites is 4. The molecular formula is C35H21N3O. The monoisotopic (exact) mass is 499 g/mol. The molecule has 0 unspecified atom stereocenters. The molecular weight excluding hydrogens is 478 g/mol. The van der Waals surface area contributed by atoms with Gasteiger partial charge in [-0.05, 0) is 41.8 Å². The van der Waals surface area contributed by atoms with Crippen LogP contribution in [0.1, 0.15) is 0 Å². The minimum absolute atomic E-state index is 0.578. The average Bonchev–Trinajstić information content (AvgIpc) is 3.67. The van der Waals surface area contributed by atoms with Crippen LogP contribution in [0.15, 0.2) is 132 Å². The van der Waals surface area contributed by atoms with Gasteiger partial charge in [-0.25, -0.2) is 0 Å². The molecule has 39 heavy (non-hydrogen) atoms. The van der Waals surface area contributed by atoms with Crippen LogP contribution in [-0.4, -0.2) is 14.1 Å². The molecule has 0 radical (unpaired) electrons. The molecule has 0 bridgehead atoms. The standard InChI is InChI=1S/C35H21N3O/c1-2-11-23(12-3-1)37-33-24-13-5-4-10-22(24)18-19-25(33)26-20-21-30-32(34(26)37)27-14-6-8-16-29(27)38(30)35-36-28-15-7-9-17-31(28)39-35/h1-21H. The third-order valence-electron chi connectivity index (χ3n) is 7.94. The fraction of sp³-hybridized carbons (Fsp3) is 0. The Morgan fingerprint density at radius 2 is 1.21 bits per heavy atom. The van der Waals surface area contributed by atoms with Crippen LogP contribution in [0.2, 0.25) is 0 Å². The Hall–Kier alpha value is -5.35. The third-order valence-corrected chi connectivity index (χ3v) is 7.94. The molecule has 4 nitrogen and oxygen atoms in total. The molecule has 9 rings (SSSR count). The molecule has 0 spiro atoms. The fourth-order valence-corrected chi connectivity index (χ4v) is 6.31. The molecule has 182 valence electrons. The maximum atomic E-state index is 6.32. The Morgan fingerprint density at radius 1 is 0.487 bits per heavy atom. The van der Waals surface area contributed by atoms with Crippen LogP contribution < -0.4 is 0 Å². The van der Waals surface area contributed by atoms with E-state index in [9.17, 15) is 0 Å². The molecule has 9 aromatic rings. The van der Waals surface area contributed by atoms with Gasteiger partial charge in [-0.15, -0.1) is 0 Å². The minimum Gasteiger partial charge on any atom is -0.423 e. The highest BCUT2D eigenvalue weighted by atomic mass is 16.4. The van der Waals surface area contributed by atoms with E-state index in [-0.39, 0.29) is 0 Å². The van der Waals surface area contributed by atoms with E-state index < -0.39 is 0 Å². The summed E-state index contributed by atoms with van der Waals surface area (Å²) in [6.45, 7) is 0. The van der Waals surface area contributed by atoms with Crippen molar-refractivity contribution in [3.63, 3.8) is 0 Å². The molecule has 6 aromatic carbocycles. The molecule has 3 heterocycles. The van der Waals surface area contributed by atoms with Crippen LogP contribution in [0.3, 0.4) is 0 Å². The summed E-state index contributed by atoms with van der Waals surface area (Å²) in [4.78, 5) is 4.89. The minimum atomic E-state index is 0.578. The zero-order valence-corrected chi connectivity index (χ0v) is 20.9. The normalized spacial score (nSPS) is 12.1. The second kappa shape index (κ2) is 7.59. The van der Waals surface area contributed by atoms with Crippen LogP contribution >= 0.6 is 0 Å². The number of benzene rings is 6. The molecule has 0 saturated heterocycles. The van der Waals surface area contributed by atoms with Crippen LogP contribution in [0.25, 0.3) is 77.2 Å². The Kier molecular flexibility index (Phi) is 4.02. The lowest BCUT2D eigenvalue weighted by Crippen LogP contribution is -1.95. The summed E-state index contributed by atoms with van der Waals surface area (Å²) in [6, 6.07) is 45.4. The summed E-state index contributed by atoms with van der Waals surface area (Å²) >= 11 is 0. The molecule has 0 amide bonds. The SMILES string of the molecule is c1ccc(-n2c3c4ccccc4ccc3c3ccc4c(c5ccccc5n4-c4nc5ccccc5o4)c32)cc1. The Bertz CT molecular complexity index is 2360. The average molecular weight is 500 g/mol. The maximum Gasteiger partial charge on any atom is 0.307 e. The van der Waals surface area contributed by atoms with Gasteiger partial charge in [0.2, 0.25) is 0 Å². The Morgan fingerprint density at radius 3 is 2.10 bits per heavy atom. The van der Waals surface area contributed by atoms with E-state index in [0.29, 0.717) is 6.01 Å². The van der Waals surface area contributed by atoms with E-state index in [1.165, 1.54) is 43.4 Å². The number of hydrogen-bond acceptors (Lipinski definition) is 2. The lowest BCUT2D eigenvalue weighted by Gasteiger charge is -2.10. The molecule has 0 N–H and O–H groups in total. The highest BCUT2D eigenvalue weighted by Gasteiger charge is 2.23. The number of oxazole rings is 1. The number of fused-ring (bicyclic) bond motifs is 10. The van der Waals surface area contributed by atoms with Crippen molar-refractivity contribution < 1.29 is 4.42 Å². The summed E-state index contributed by atoms with van der Waals surface area (Å²) < 4.78 is 10.9. The first-order valence-corrected chi connectivity index (χ1v) is 13.2. The van der Waals surface area contributed by atoms with Crippen molar-refractivity contribution in [2.45, 2.75) is 0 Å². The fourth-order valence-electron chi connectivity index (χ4n) is 6.31. The quantitative estimate of drug-likeness (QED) is 0.238. The van der Waals surface area contributed by atoms with Gasteiger partial charge in [0.1, 0.15) is 5.52 Å². The Balaban J connectivity index is 1.54. The van der Waals surface area contributed by atoms with Gasteiger partial charge in [-0.1, -0.05) is 91.0 Å². The molecule has 3 aromatic heterocycles. The van der Waals surface area contributed by atoms with Crippen molar-refractivity contribution in [1.82, 2.24) is 14.1 Å². The highest BCUT2D eigenvalue weighted by molar-refractivity contribution is 6.28. The number of nitrogens with zero attached hydrogens (tertiary/aromatic N) is 3. The first-order chi connectivity index (χ1) is 19.4. The molecule has 4 heteroatoms. The van der Waals surface area contributed by atoms with E-state index in [1.54, 1.807) is 0 Å². The van der Waals surface area contributed by atoms with Crippen molar-refractivity contribution in [3.8, 4) is 11.7 Å². The lowest BCUT2D eigenvalue weighted by atomic mass is 10.0. The number of aromatic nitrogens is 3. The van der Waals surface area contributed by atoms with E-state index in [2.05, 4.69) is 112 Å². The summed E-state index contributed by atoms with van der Waals surface area (Å²) in [5.41, 5.74) is 7.33. The largest absolute Gasteiger partial charge is 0.423 e. The van der Waals surface area contributed by atoms with Gasteiger partial charge in [-0.2, -0.15) is 4.98 Å². The van der Waals surface area contributed by atoms with Gasteiger partial charge in [0, 0.05) is 32.6 Å². The van der Waals surface area contributed by atoms with Crippen LogP contribution in [0.5, 0.6) is 0 Å². The van der Waals surface area contributed by atoms with Gasteiger partial charge >= 0.3 is 6.01 Å². The van der Waals surface area contributed by atoms with Gasteiger partial charge in [0.15, 0.2) is 5.58 Å². The van der Waals surface area contributed by atoms with Crippen molar-refractivity contribution in [2.75, 3.05) is 0 Å². The van der Waals surface area contributed by atoms with Gasteiger partial charge < -0.3 is 8.98 Å². The number of hydrogen-bond donors (Lipinski definition) is 0. The molecule has 0 aliphatic rings. The first kappa shape index (κ1) is 20.7. The zero-order chi connectivity index (χ0) is 25.5. The third kappa shape index (κ3) is 2.75. The second-order valence-electron chi connectivity index (χ2n) is 10.0. The van der Waals surface area contributed by atoms with Crippen molar-refractivity contribution >= 4 is 65.5 Å².